The molecule has 0 fully saturated rings. The van der Waals surface area contributed by atoms with Crippen LogP contribution >= 0.6 is 0 Å². The van der Waals surface area contributed by atoms with E-state index in [-0.39, 0.29) is 0 Å². The van der Waals surface area contributed by atoms with E-state index in [0.29, 0.717) is 5.69 Å². The lowest BCUT2D eigenvalue weighted by Crippen LogP contribution is -1.97. The SMILES string of the molecule is COC(C#N)c1cn(C)cn1. The van der Waals surface area contributed by atoms with E-state index in [1.807, 2.05) is 13.1 Å². The summed E-state index contributed by atoms with van der Waals surface area (Å²) in [6.45, 7) is 0. The van der Waals surface area contributed by atoms with Crippen LogP contribution in [0.3, 0.4) is 0 Å². The first-order valence-corrected chi connectivity index (χ1v) is 3.18. The van der Waals surface area contributed by atoms with Gasteiger partial charge < -0.3 is 9.30 Å². The van der Waals surface area contributed by atoms with Crippen LogP contribution in [0.4, 0.5) is 0 Å². The molecule has 0 aromatic carbocycles. The third kappa shape index (κ3) is 1.57. The van der Waals surface area contributed by atoms with Gasteiger partial charge in [0.2, 0.25) is 0 Å². The fourth-order valence-electron chi connectivity index (χ4n) is 0.808. The van der Waals surface area contributed by atoms with Crippen LogP contribution in [-0.2, 0) is 11.8 Å². The molecule has 0 aliphatic carbocycles. The maximum atomic E-state index is 8.56. The molecule has 0 spiro atoms. The third-order valence-corrected chi connectivity index (χ3v) is 1.35. The van der Waals surface area contributed by atoms with E-state index < -0.39 is 6.10 Å². The van der Waals surface area contributed by atoms with Gasteiger partial charge in [0.25, 0.3) is 0 Å². The fraction of sp³-hybridized carbons (Fsp3) is 0.429. The summed E-state index contributed by atoms with van der Waals surface area (Å²) in [4.78, 5) is 3.97. The Bertz CT molecular complexity index is 273. The lowest BCUT2D eigenvalue weighted by molar-refractivity contribution is 0.145. The van der Waals surface area contributed by atoms with Crippen LogP contribution in [0.2, 0.25) is 0 Å². The van der Waals surface area contributed by atoms with Crippen LogP contribution in [0.25, 0.3) is 0 Å². The second-order valence-corrected chi connectivity index (χ2v) is 2.21. The molecule has 0 N–H and O–H groups in total. The molecule has 0 aliphatic heterocycles. The second kappa shape index (κ2) is 3.17. The van der Waals surface area contributed by atoms with Gasteiger partial charge in [0.05, 0.1) is 6.33 Å². The van der Waals surface area contributed by atoms with Gasteiger partial charge in [-0.25, -0.2) is 4.98 Å². The minimum Gasteiger partial charge on any atom is -0.360 e. The average molecular weight is 151 g/mol. The van der Waals surface area contributed by atoms with E-state index in [4.69, 9.17) is 10.00 Å². The Balaban J connectivity index is 2.84. The van der Waals surface area contributed by atoms with E-state index in [1.165, 1.54) is 7.11 Å². The Kier molecular flexibility index (Phi) is 2.24. The van der Waals surface area contributed by atoms with Crippen molar-refractivity contribution in [2.75, 3.05) is 7.11 Å². The van der Waals surface area contributed by atoms with Gasteiger partial charge in [0.15, 0.2) is 6.10 Å². The molecular formula is C7H9N3O. The zero-order valence-electron chi connectivity index (χ0n) is 6.48. The topological polar surface area (TPSA) is 50.8 Å². The number of rotatable bonds is 2. The molecule has 1 aromatic rings. The van der Waals surface area contributed by atoms with Gasteiger partial charge in [-0.2, -0.15) is 5.26 Å². The van der Waals surface area contributed by atoms with E-state index >= 15 is 0 Å². The summed E-state index contributed by atoms with van der Waals surface area (Å²) in [5.41, 5.74) is 0.650. The van der Waals surface area contributed by atoms with Gasteiger partial charge >= 0.3 is 0 Å². The van der Waals surface area contributed by atoms with Crippen molar-refractivity contribution >= 4 is 0 Å². The molecule has 58 valence electrons. The van der Waals surface area contributed by atoms with Gasteiger partial charge in [-0.3, -0.25) is 0 Å². The molecule has 1 unspecified atom stereocenters. The van der Waals surface area contributed by atoms with E-state index in [0.717, 1.165) is 0 Å². The largest absolute Gasteiger partial charge is 0.360 e. The molecule has 4 heteroatoms. The maximum Gasteiger partial charge on any atom is 0.186 e. The first-order valence-electron chi connectivity index (χ1n) is 3.18. The highest BCUT2D eigenvalue weighted by molar-refractivity contribution is 5.09. The monoisotopic (exact) mass is 151 g/mol. The van der Waals surface area contributed by atoms with Gasteiger partial charge in [-0.05, 0) is 0 Å². The first kappa shape index (κ1) is 7.76. The fourth-order valence-corrected chi connectivity index (χ4v) is 0.808. The Hall–Kier alpha value is -1.34. The molecule has 1 atom stereocenters. The van der Waals surface area contributed by atoms with Crippen molar-refractivity contribution in [3.05, 3.63) is 18.2 Å². The van der Waals surface area contributed by atoms with Crippen molar-refractivity contribution in [2.45, 2.75) is 6.10 Å². The summed E-state index contributed by atoms with van der Waals surface area (Å²) in [5, 5.41) is 8.56. The van der Waals surface area contributed by atoms with Crippen LogP contribution in [0.5, 0.6) is 0 Å². The molecule has 1 rings (SSSR count). The highest BCUT2D eigenvalue weighted by Gasteiger charge is 2.10. The van der Waals surface area contributed by atoms with Crippen molar-refractivity contribution < 1.29 is 4.74 Å². The Morgan fingerprint density at radius 3 is 2.91 bits per heavy atom. The van der Waals surface area contributed by atoms with Gasteiger partial charge in [0.1, 0.15) is 11.8 Å². The van der Waals surface area contributed by atoms with Crippen molar-refractivity contribution in [3.63, 3.8) is 0 Å². The molecule has 0 saturated carbocycles. The summed E-state index contributed by atoms with van der Waals surface area (Å²) in [6.07, 6.45) is 2.85. The van der Waals surface area contributed by atoms with E-state index in [2.05, 4.69) is 4.98 Å². The molecule has 0 saturated heterocycles. The highest BCUT2D eigenvalue weighted by Crippen LogP contribution is 2.11. The lowest BCUT2D eigenvalue weighted by atomic mass is 10.3. The summed E-state index contributed by atoms with van der Waals surface area (Å²) in [7, 11) is 3.34. The summed E-state index contributed by atoms with van der Waals surface area (Å²) < 4.78 is 6.64. The van der Waals surface area contributed by atoms with Gasteiger partial charge in [-0.1, -0.05) is 0 Å². The zero-order chi connectivity index (χ0) is 8.27. The van der Waals surface area contributed by atoms with Crippen molar-refractivity contribution in [1.29, 1.82) is 5.26 Å². The van der Waals surface area contributed by atoms with Crippen LogP contribution in [0.15, 0.2) is 12.5 Å². The normalized spacial score (nSPS) is 12.5. The summed E-state index contributed by atoms with van der Waals surface area (Å²) in [6, 6.07) is 1.98. The predicted molar refractivity (Wildman–Crippen MR) is 38.6 cm³/mol. The minimum atomic E-state index is -0.545. The molecular weight excluding hydrogens is 142 g/mol. The molecule has 11 heavy (non-hydrogen) atoms. The number of imidazole rings is 1. The van der Waals surface area contributed by atoms with Gasteiger partial charge in [0, 0.05) is 20.4 Å². The number of aryl methyl sites for hydroxylation is 1. The Morgan fingerprint density at radius 2 is 2.55 bits per heavy atom. The average Bonchev–Trinajstić information content (AvgIpc) is 2.39. The van der Waals surface area contributed by atoms with Crippen molar-refractivity contribution in [3.8, 4) is 6.07 Å². The summed E-state index contributed by atoms with van der Waals surface area (Å²) in [5.74, 6) is 0. The van der Waals surface area contributed by atoms with Crippen molar-refractivity contribution in [2.24, 2.45) is 7.05 Å². The van der Waals surface area contributed by atoms with Gasteiger partial charge in [-0.15, -0.1) is 0 Å². The Labute approximate surface area is 65.0 Å². The van der Waals surface area contributed by atoms with Crippen molar-refractivity contribution in [1.82, 2.24) is 9.55 Å². The molecule has 4 nitrogen and oxygen atoms in total. The number of methoxy groups -OCH3 is 1. The number of hydrogen-bond donors (Lipinski definition) is 0. The predicted octanol–water partition coefficient (Wildman–Crippen LogP) is 0.631. The first-order chi connectivity index (χ1) is 5.27. The number of hydrogen-bond acceptors (Lipinski definition) is 3. The lowest BCUT2D eigenvalue weighted by Gasteiger charge is -2.00. The van der Waals surface area contributed by atoms with Crippen LogP contribution in [0, 0.1) is 11.3 Å². The number of nitrogens with zero attached hydrogens (tertiary/aromatic N) is 3. The third-order valence-electron chi connectivity index (χ3n) is 1.35. The van der Waals surface area contributed by atoms with Crippen LogP contribution in [-0.4, -0.2) is 16.7 Å². The smallest absolute Gasteiger partial charge is 0.186 e. The molecule has 0 bridgehead atoms. The maximum absolute atomic E-state index is 8.56. The highest BCUT2D eigenvalue weighted by atomic mass is 16.5. The number of ether oxygens (including phenoxy) is 1. The molecule has 1 aromatic heterocycles. The van der Waals surface area contributed by atoms with E-state index in [9.17, 15) is 0 Å². The van der Waals surface area contributed by atoms with E-state index in [1.54, 1.807) is 17.1 Å². The standard InChI is InChI=1S/C7H9N3O/c1-10-4-6(9-5-10)7(3-8)11-2/h4-5,7H,1-2H3. The zero-order valence-corrected chi connectivity index (χ0v) is 6.48. The Morgan fingerprint density at radius 1 is 1.82 bits per heavy atom. The quantitative estimate of drug-likeness (QED) is 0.623. The van der Waals surface area contributed by atoms with Crippen LogP contribution < -0.4 is 0 Å². The number of aromatic nitrogens is 2. The second-order valence-electron chi connectivity index (χ2n) is 2.21. The molecule has 0 aliphatic rings. The summed E-state index contributed by atoms with van der Waals surface area (Å²) >= 11 is 0. The molecule has 0 amide bonds. The van der Waals surface area contributed by atoms with Crippen LogP contribution in [0.1, 0.15) is 11.8 Å². The molecule has 0 radical (unpaired) electrons. The number of nitriles is 1. The molecule has 1 heterocycles. The minimum absolute atomic E-state index is 0.545.